The van der Waals surface area contributed by atoms with Crippen LogP contribution in [0.1, 0.15) is 30.9 Å². The highest BCUT2D eigenvalue weighted by molar-refractivity contribution is 6.35. The smallest absolute Gasteiger partial charge is 0.303 e. The number of halogens is 1. The van der Waals surface area contributed by atoms with Crippen LogP contribution in [-0.4, -0.2) is 28.8 Å². The van der Waals surface area contributed by atoms with Gasteiger partial charge in [-0.05, 0) is 67.8 Å². The van der Waals surface area contributed by atoms with E-state index in [2.05, 4.69) is 4.98 Å². The van der Waals surface area contributed by atoms with E-state index >= 15 is 0 Å². The maximum absolute atomic E-state index is 10.7. The molecule has 1 atom stereocenters. The number of carboxylic acid groups (broad SMARTS) is 1. The summed E-state index contributed by atoms with van der Waals surface area (Å²) in [6, 6.07) is 13.2. The molecule has 0 fully saturated rings. The van der Waals surface area contributed by atoms with E-state index in [1.165, 1.54) is 0 Å². The number of hydrogen-bond donors (Lipinski definition) is 1. The predicted molar refractivity (Wildman–Crippen MR) is 114 cm³/mol. The fourth-order valence-corrected chi connectivity index (χ4v) is 3.32. The fourth-order valence-electron chi connectivity index (χ4n) is 3.11. The van der Waals surface area contributed by atoms with Crippen molar-refractivity contribution < 1.29 is 19.4 Å². The zero-order valence-corrected chi connectivity index (χ0v) is 17.3. The number of hydrogen-bond acceptors (Lipinski definition) is 4. The average molecular weight is 414 g/mol. The second kappa shape index (κ2) is 9.61. The first-order chi connectivity index (χ1) is 13.9. The molecule has 1 aromatic heterocycles. The Morgan fingerprint density at radius 2 is 2.07 bits per heavy atom. The van der Waals surface area contributed by atoms with Gasteiger partial charge in [0, 0.05) is 24.4 Å². The number of carboxylic acids is 1. The predicted octanol–water partition coefficient (Wildman–Crippen LogP) is 5.45. The quantitative estimate of drug-likeness (QED) is 0.505. The third-order valence-corrected chi connectivity index (χ3v) is 5.05. The van der Waals surface area contributed by atoms with Crippen LogP contribution in [0.5, 0.6) is 11.5 Å². The molecule has 0 saturated heterocycles. The lowest BCUT2D eigenvalue weighted by molar-refractivity contribution is -0.136. The number of ether oxygens (including phenoxy) is 2. The maximum atomic E-state index is 10.7. The molecule has 3 aromatic rings. The Hall–Kier alpha value is -2.79. The van der Waals surface area contributed by atoms with Crippen LogP contribution in [0.3, 0.4) is 0 Å². The molecule has 1 unspecified atom stereocenters. The van der Waals surface area contributed by atoms with E-state index in [-0.39, 0.29) is 12.5 Å². The molecule has 0 aliphatic carbocycles. The number of aromatic nitrogens is 1. The minimum Gasteiger partial charge on any atom is -0.493 e. The maximum Gasteiger partial charge on any atom is 0.303 e. The van der Waals surface area contributed by atoms with Crippen LogP contribution >= 0.6 is 11.6 Å². The number of rotatable bonds is 9. The molecule has 0 aliphatic rings. The number of nitrogens with zero attached hydrogens (tertiary/aromatic N) is 1. The van der Waals surface area contributed by atoms with E-state index in [4.69, 9.17) is 26.2 Å². The number of fused-ring (bicyclic) bond motifs is 1. The number of benzene rings is 2. The molecule has 0 radical (unpaired) electrons. The minimum atomic E-state index is -0.789. The molecule has 6 heteroatoms. The van der Waals surface area contributed by atoms with Crippen molar-refractivity contribution in [3.63, 3.8) is 0 Å². The summed E-state index contributed by atoms with van der Waals surface area (Å²) in [5, 5.41) is 10.3. The first kappa shape index (κ1) is 20.9. The van der Waals surface area contributed by atoms with Gasteiger partial charge in [0.2, 0.25) is 0 Å². The van der Waals surface area contributed by atoms with Crippen molar-refractivity contribution in [3.05, 3.63) is 64.8 Å². The standard InChI is InChI=1S/C23H24ClNO4/c1-15-14-18(7-5-17(15)6-10-22(26)27)28-13-11-16(2)29-21-9-8-20(24)19-4-3-12-25-23(19)21/h3-5,7-9,12,14,16H,6,10-11,13H2,1-2H3,(H,26,27). The molecule has 1 heterocycles. The van der Waals surface area contributed by atoms with Crippen molar-refractivity contribution >= 4 is 28.5 Å². The summed E-state index contributed by atoms with van der Waals surface area (Å²) in [5.74, 6) is 0.686. The number of aliphatic carboxylic acids is 1. The molecule has 0 bridgehead atoms. The van der Waals surface area contributed by atoms with E-state index in [1.54, 1.807) is 6.20 Å². The van der Waals surface area contributed by atoms with E-state index in [9.17, 15) is 4.79 Å². The van der Waals surface area contributed by atoms with Crippen molar-refractivity contribution in [2.45, 2.75) is 39.2 Å². The Morgan fingerprint density at radius 1 is 1.24 bits per heavy atom. The molecule has 1 N–H and O–H groups in total. The highest BCUT2D eigenvalue weighted by Gasteiger charge is 2.11. The van der Waals surface area contributed by atoms with Crippen LogP contribution < -0.4 is 9.47 Å². The lowest BCUT2D eigenvalue weighted by Gasteiger charge is -2.17. The first-order valence-electron chi connectivity index (χ1n) is 9.58. The van der Waals surface area contributed by atoms with Crippen LogP contribution in [0.2, 0.25) is 5.02 Å². The summed E-state index contributed by atoms with van der Waals surface area (Å²) in [7, 11) is 0. The van der Waals surface area contributed by atoms with Crippen molar-refractivity contribution in [2.75, 3.05) is 6.61 Å². The summed E-state index contributed by atoms with van der Waals surface area (Å²) >= 11 is 6.23. The molecule has 152 valence electrons. The van der Waals surface area contributed by atoms with Crippen molar-refractivity contribution in [1.29, 1.82) is 0 Å². The second-order valence-corrected chi connectivity index (χ2v) is 7.40. The van der Waals surface area contributed by atoms with Crippen LogP contribution in [0.4, 0.5) is 0 Å². The number of aryl methyl sites for hydroxylation is 2. The van der Waals surface area contributed by atoms with Crippen LogP contribution in [0, 0.1) is 6.92 Å². The van der Waals surface area contributed by atoms with Gasteiger partial charge in [-0.1, -0.05) is 17.7 Å². The molecule has 2 aromatic carbocycles. The fraction of sp³-hybridized carbons (Fsp3) is 0.304. The van der Waals surface area contributed by atoms with Gasteiger partial charge in [-0.25, -0.2) is 0 Å². The first-order valence-corrected chi connectivity index (χ1v) is 9.96. The highest BCUT2D eigenvalue weighted by Crippen LogP contribution is 2.30. The van der Waals surface area contributed by atoms with Gasteiger partial charge in [0.15, 0.2) is 0 Å². The van der Waals surface area contributed by atoms with Crippen molar-refractivity contribution in [3.8, 4) is 11.5 Å². The van der Waals surface area contributed by atoms with E-state index in [1.807, 2.05) is 56.3 Å². The molecule has 29 heavy (non-hydrogen) atoms. The van der Waals surface area contributed by atoms with Gasteiger partial charge in [0.25, 0.3) is 0 Å². The summed E-state index contributed by atoms with van der Waals surface area (Å²) < 4.78 is 11.9. The van der Waals surface area contributed by atoms with Crippen LogP contribution in [0.15, 0.2) is 48.7 Å². The molecule has 0 saturated carbocycles. The zero-order chi connectivity index (χ0) is 20.8. The third-order valence-electron chi connectivity index (χ3n) is 4.72. The van der Waals surface area contributed by atoms with Gasteiger partial charge in [-0.3, -0.25) is 9.78 Å². The van der Waals surface area contributed by atoms with Crippen molar-refractivity contribution in [2.24, 2.45) is 0 Å². The summed E-state index contributed by atoms with van der Waals surface area (Å²) in [5.41, 5.74) is 2.81. The molecule has 0 amide bonds. The summed E-state index contributed by atoms with van der Waals surface area (Å²) in [4.78, 5) is 15.1. The number of carbonyl (C=O) groups is 1. The van der Waals surface area contributed by atoms with E-state index in [0.717, 1.165) is 27.8 Å². The number of pyridine rings is 1. The Labute approximate surface area is 175 Å². The lowest BCUT2D eigenvalue weighted by Crippen LogP contribution is -2.16. The molecular weight excluding hydrogens is 390 g/mol. The zero-order valence-electron chi connectivity index (χ0n) is 16.5. The van der Waals surface area contributed by atoms with Gasteiger partial charge in [0.05, 0.1) is 17.7 Å². The molecule has 3 rings (SSSR count). The van der Waals surface area contributed by atoms with Gasteiger partial charge < -0.3 is 14.6 Å². The topological polar surface area (TPSA) is 68.7 Å². The molecule has 0 aliphatic heterocycles. The Bertz CT molecular complexity index is 1010. The lowest BCUT2D eigenvalue weighted by atomic mass is 10.0. The summed E-state index contributed by atoms with van der Waals surface area (Å²) in [6.45, 7) is 4.47. The minimum absolute atomic E-state index is 0.0580. The van der Waals surface area contributed by atoms with Crippen LogP contribution in [0.25, 0.3) is 10.9 Å². The van der Waals surface area contributed by atoms with Crippen LogP contribution in [-0.2, 0) is 11.2 Å². The Balaban J connectivity index is 1.54. The van der Waals surface area contributed by atoms with Gasteiger partial charge >= 0.3 is 5.97 Å². The van der Waals surface area contributed by atoms with Crippen molar-refractivity contribution in [1.82, 2.24) is 4.98 Å². The highest BCUT2D eigenvalue weighted by atomic mass is 35.5. The van der Waals surface area contributed by atoms with Gasteiger partial charge in [0.1, 0.15) is 17.0 Å². The normalized spacial score (nSPS) is 12.0. The SMILES string of the molecule is Cc1cc(OCCC(C)Oc2ccc(Cl)c3cccnc23)ccc1CCC(=O)O. The summed E-state index contributed by atoms with van der Waals surface area (Å²) in [6.07, 6.45) is 3.02. The Kier molecular flexibility index (Phi) is 6.94. The largest absolute Gasteiger partial charge is 0.493 e. The molecule has 0 spiro atoms. The molecular formula is C23H24ClNO4. The second-order valence-electron chi connectivity index (χ2n) is 6.99. The van der Waals surface area contributed by atoms with Gasteiger partial charge in [-0.2, -0.15) is 0 Å². The third kappa shape index (κ3) is 5.61. The van der Waals surface area contributed by atoms with E-state index < -0.39 is 5.97 Å². The monoisotopic (exact) mass is 413 g/mol. The molecule has 5 nitrogen and oxygen atoms in total. The van der Waals surface area contributed by atoms with E-state index in [0.29, 0.717) is 30.2 Å². The average Bonchev–Trinajstić information content (AvgIpc) is 2.69. The van der Waals surface area contributed by atoms with Gasteiger partial charge in [-0.15, -0.1) is 0 Å². The Morgan fingerprint density at radius 3 is 2.83 bits per heavy atom.